The summed E-state index contributed by atoms with van der Waals surface area (Å²) in [5.41, 5.74) is 10.3. The average Bonchev–Trinajstić information content (AvgIpc) is 3.26. The van der Waals surface area contributed by atoms with Crippen LogP contribution in [0.15, 0.2) is 103 Å². The van der Waals surface area contributed by atoms with Gasteiger partial charge in [-0.15, -0.1) is 0 Å². The molecule has 0 aromatic heterocycles. The second kappa shape index (κ2) is 5.62. The normalized spacial score (nSPS) is 14.4. The van der Waals surface area contributed by atoms with Gasteiger partial charge >= 0.3 is 0 Å². The van der Waals surface area contributed by atoms with E-state index in [9.17, 15) is 0 Å². The van der Waals surface area contributed by atoms with Gasteiger partial charge in [0.05, 0.1) is 5.41 Å². The molecule has 0 radical (unpaired) electrons. The van der Waals surface area contributed by atoms with Gasteiger partial charge in [-0.3, -0.25) is 0 Å². The van der Waals surface area contributed by atoms with Crippen LogP contribution in [-0.2, 0) is 5.41 Å². The lowest BCUT2D eigenvalue weighted by Gasteiger charge is -2.30. The Balaban J connectivity index is 1.76. The zero-order valence-electron chi connectivity index (χ0n) is 16.2. The summed E-state index contributed by atoms with van der Waals surface area (Å²) in [5.74, 6) is 0. The molecular formula is C29H17Cl. The minimum absolute atomic E-state index is 0.327. The molecule has 0 fully saturated rings. The zero-order chi connectivity index (χ0) is 19.9. The molecule has 2 aliphatic carbocycles. The quantitative estimate of drug-likeness (QED) is 0.243. The van der Waals surface area contributed by atoms with E-state index in [0.29, 0.717) is 0 Å². The Morgan fingerprint density at radius 2 is 1.17 bits per heavy atom. The summed E-state index contributed by atoms with van der Waals surface area (Å²) in [7, 11) is 0. The van der Waals surface area contributed by atoms with Crippen molar-refractivity contribution in [2.24, 2.45) is 0 Å². The molecule has 0 atom stereocenters. The third kappa shape index (κ3) is 1.79. The average molecular weight is 401 g/mol. The van der Waals surface area contributed by atoms with Crippen LogP contribution in [0.5, 0.6) is 0 Å². The molecule has 1 spiro atoms. The molecule has 140 valence electrons. The Labute approximate surface area is 180 Å². The number of hydrogen-bond donors (Lipinski definition) is 0. The van der Waals surface area contributed by atoms with Crippen LogP contribution in [0.2, 0.25) is 5.02 Å². The summed E-state index contributed by atoms with van der Waals surface area (Å²) in [6.45, 7) is 0. The number of rotatable bonds is 0. The monoisotopic (exact) mass is 400 g/mol. The van der Waals surface area contributed by atoms with Gasteiger partial charge in [0.25, 0.3) is 0 Å². The fourth-order valence-electron chi connectivity index (χ4n) is 5.88. The lowest BCUT2D eigenvalue weighted by Crippen LogP contribution is -2.25. The second-order valence-corrected chi connectivity index (χ2v) is 8.68. The lowest BCUT2D eigenvalue weighted by molar-refractivity contribution is 0.794. The molecule has 0 N–H and O–H groups in total. The Bertz CT molecular complexity index is 1460. The Morgan fingerprint density at radius 1 is 0.500 bits per heavy atom. The van der Waals surface area contributed by atoms with Crippen molar-refractivity contribution in [3.05, 3.63) is 130 Å². The minimum atomic E-state index is -0.327. The lowest BCUT2D eigenvalue weighted by atomic mass is 9.70. The fraction of sp³-hybridized carbons (Fsp3) is 0.0345. The van der Waals surface area contributed by atoms with Gasteiger partial charge in [-0.05, 0) is 67.4 Å². The number of benzene rings is 5. The van der Waals surface area contributed by atoms with E-state index in [1.54, 1.807) is 0 Å². The molecule has 0 saturated heterocycles. The molecule has 30 heavy (non-hydrogen) atoms. The highest BCUT2D eigenvalue weighted by atomic mass is 35.5. The molecular weight excluding hydrogens is 384 g/mol. The molecule has 5 aromatic rings. The van der Waals surface area contributed by atoms with Gasteiger partial charge in [0.1, 0.15) is 0 Å². The van der Waals surface area contributed by atoms with E-state index in [4.69, 9.17) is 11.6 Å². The first kappa shape index (κ1) is 16.4. The summed E-state index contributed by atoms with van der Waals surface area (Å²) in [5, 5.41) is 3.36. The second-order valence-electron chi connectivity index (χ2n) is 8.24. The summed E-state index contributed by atoms with van der Waals surface area (Å²) >= 11 is 6.60. The number of fused-ring (bicyclic) bond motifs is 12. The van der Waals surface area contributed by atoms with E-state index >= 15 is 0 Å². The molecule has 5 aromatic carbocycles. The third-order valence-electron chi connectivity index (χ3n) is 6.94. The maximum Gasteiger partial charge on any atom is 0.0726 e. The van der Waals surface area contributed by atoms with Gasteiger partial charge in [-0.25, -0.2) is 0 Å². The van der Waals surface area contributed by atoms with Crippen LogP contribution in [0.3, 0.4) is 0 Å². The van der Waals surface area contributed by atoms with E-state index in [2.05, 4.69) is 97.1 Å². The van der Waals surface area contributed by atoms with Crippen molar-refractivity contribution in [1.29, 1.82) is 0 Å². The van der Waals surface area contributed by atoms with Crippen LogP contribution < -0.4 is 0 Å². The molecule has 0 amide bonds. The Hall–Kier alpha value is -3.35. The van der Waals surface area contributed by atoms with Gasteiger partial charge in [-0.2, -0.15) is 0 Å². The summed E-state index contributed by atoms with van der Waals surface area (Å²) in [4.78, 5) is 0. The molecule has 0 unspecified atom stereocenters. The molecule has 1 heteroatoms. The highest BCUT2D eigenvalue weighted by Crippen LogP contribution is 2.63. The number of halogens is 1. The standard InChI is InChI=1S/C29H17Cl/c30-19-14-15-23-27(17-19)29(26-16-13-18-7-1-2-8-20(18)28(23)26)24-11-5-3-9-21(24)22-10-4-6-12-25(22)29/h1-17H. The van der Waals surface area contributed by atoms with Gasteiger partial charge < -0.3 is 0 Å². The minimum Gasteiger partial charge on any atom is -0.0843 e. The van der Waals surface area contributed by atoms with E-state index in [-0.39, 0.29) is 5.41 Å². The predicted octanol–water partition coefficient (Wildman–Crippen LogP) is 7.84. The van der Waals surface area contributed by atoms with Crippen LogP contribution in [0, 0.1) is 0 Å². The van der Waals surface area contributed by atoms with Crippen molar-refractivity contribution in [3.63, 3.8) is 0 Å². The van der Waals surface area contributed by atoms with E-state index in [1.807, 2.05) is 6.07 Å². The van der Waals surface area contributed by atoms with Gasteiger partial charge in [0.15, 0.2) is 0 Å². The van der Waals surface area contributed by atoms with Crippen molar-refractivity contribution in [3.8, 4) is 22.3 Å². The molecule has 0 aliphatic heterocycles. The molecule has 0 saturated carbocycles. The van der Waals surface area contributed by atoms with E-state index in [0.717, 1.165) is 5.02 Å². The molecule has 2 aliphatic rings. The predicted molar refractivity (Wildman–Crippen MR) is 125 cm³/mol. The third-order valence-corrected chi connectivity index (χ3v) is 7.18. The summed E-state index contributed by atoms with van der Waals surface area (Å²) in [6, 6.07) is 37.4. The first-order valence-corrected chi connectivity index (χ1v) is 10.7. The van der Waals surface area contributed by atoms with Crippen LogP contribution in [-0.4, -0.2) is 0 Å². The summed E-state index contributed by atoms with van der Waals surface area (Å²) in [6.07, 6.45) is 0. The fourth-order valence-corrected chi connectivity index (χ4v) is 6.05. The first-order valence-electron chi connectivity index (χ1n) is 10.3. The summed E-state index contributed by atoms with van der Waals surface area (Å²) < 4.78 is 0. The largest absolute Gasteiger partial charge is 0.0843 e. The van der Waals surface area contributed by atoms with E-state index in [1.165, 1.54) is 55.3 Å². The zero-order valence-corrected chi connectivity index (χ0v) is 16.9. The van der Waals surface area contributed by atoms with Gasteiger partial charge in [0, 0.05) is 5.02 Å². The van der Waals surface area contributed by atoms with Gasteiger partial charge in [0.2, 0.25) is 0 Å². The van der Waals surface area contributed by atoms with E-state index < -0.39 is 0 Å². The Morgan fingerprint density at radius 3 is 1.93 bits per heavy atom. The maximum absolute atomic E-state index is 6.60. The topological polar surface area (TPSA) is 0 Å². The Kier molecular flexibility index (Phi) is 3.08. The smallest absolute Gasteiger partial charge is 0.0726 e. The van der Waals surface area contributed by atoms with Crippen molar-refractivity contribution in [1.82, 2.24) is 0 Å². The van der Waals surface area contributed by atoms with Crippen LogP contribution in [0.4, 0.5) is 0 Å². The van der Waals surface area contributed by atoms with Crippen molar-refractivity contribution in [2.75, 3.05) is 0 Å². The van der Waals surface area contributed by atoms with Crippen molar-refractivity contribution in [2.45, 2.75) is 5.41 Å². The number of hydrogen-bond acceptors (Lipinski definition) is 0. The molecule has 7 rings (SSSR count). The SMILES string of the molecule is Clc1ccc2c(c1)C1(c3ccccc3-c3ccccc31)c1ccc3ccccc3c1-2. The van der Waals surface area contributed by atoms with Gasteiger partial charge in [-0.1, -0.05) is 103 Å². The van der Waals surface area contributed by atoms with Crippen molar-refractivity contribution >= 4 is 22.4 Å². The highest BCUT2D eigenvalue weighted by molar-refractivity contribution is 6.31. The van der Waals surface area contributed by atoms with Crippen LogP contribution in [0.25, 0.3) is 33.0 Å². The molecule has 0 heterocycles. The van der Waals surface area contributed by atoms with Crippen LogP contribution >= 0.6 is 11.6 Å². The first-order chi connectivity index (χ1) is 14.8. The van der Waals surface area contributed by atoms with Crippen molar-refractivity contribution < 1.29 is 0 Å². The molecule has 0 bridgehead atoms. The highest BCUT2D eigenvalue weighted by Gasteiger charge is 2.51. The molecule has 0 nitrogen and oxygen atoms in total. The van der Waals surface area contributed by atoms with Crippen LogP contribution in [0.1, 0.15) is 22.3 Å². The maximum atomic E-state index is 6.60.